The summed E-state index contributed by atoms with van der Waals surface area (Å²) in [6.45, 7) is 4.66. The van der Waals surface area contributed by atoms with E-state index in [1.807, 2.05) is 13.8 Å². The molecule has 1 aliphatic heterocycles. The molecule has 1 aliphatic rings. The number of rotatable bonds is 5. The highest BCUT2D eigenvalue weighted by atomic mass is 16.5. The third-order valence-electron chi connectivity index (χ3n) is 3.01. The Morgan fingerprint density at radius 3 is 2.87 bits per heavy atom. The molecule has 2 N–H and O–H groups in total. The molecule has 4 nitrogen and oxygen atoms in total. The first kappa shape index (κ1) is 12.5. The van der Waals surface area contributed by atoms with Crippen LogP contribution in [0.4, 0.5) is 0 Å². The molecule has 1 saturated heterocycles. The van der Waals surface area contributed by atoms with Gasteiger partial charge in [-0.1, -0.05) is 13.8 Å². The average molecular weight is 215 g/mol. The number of amides is 1. The summed E-state index contributed by atoms with van der Waals surface area (Å²) < 4.78 is 5.46. The largest absolute Gasteiger partial charge is 0.394 e. The van der Waals surface area contributed by atoms with E-state index in [1.54, 1.807) is 0 Å². The Hall–Kier alpha value is -0.610. The van der Waals surface area contributed by atoms with Crippen LogP contribution in [0, 0.1) is 5.92 Å². The van der Waals surface area contributed by atoms with E-state index in [9.17, 15) is 4.79 Å². The van der Waals surface area contributed by atoms with Crippen molar-refractivity contribution in [3.05, 3.63) is 0 Å². The summed E-state index contributed by atoms with van der Waals surface area (Å²) in [5, 5.41) is 11.8. The summed E-state index contributed by atoms with van der Waals surface area (Å²) in [4.78, 5) is 11.8. The van der Waals surface area contributed by atoms with Crippen molar-refractivity contribution in [3.63, 3.8) is 0 Å². The number of hydrogen-bond donors (Lipinski definition) is 2. The van der Waals surface area contributed by atoms with Crippen LogP contribution in [0.1, 0.15) is 33.1 Å². The van der Waals surface area contributed by atoms with Crippen molar-refractivity contribution in [2.24, 2.45) is 5.92 Å². The molecule has 3 atom stereocenters. The van der Waals surface area contributed by atoms with Crippen LogP contribution in [0.5, 0.6) is 0 Å². The molecule has 0 aromatic rings. The van der Waals surface area contributed by atoms with Gasteiger partial charge in [0.05, 0.1) is 24.7 Å². The van der Waals surface area contributed by atoms with Gasteiger partial charge in [0.15, 0.2) is 0 Å². The first-order valence-electron chi connectivity index (χ1n) is 5.75. The van der Waals surface area contributed by atoms with Crippen molar-refractivity contribution < 1.29 is 14.6 Å². The fraction of sp³-hybridized carbons (Fsp3) is 0.909. The molecule has 88 valence electrons. The number of carbonyl (C=O) groups is 1. The third-order valence-corrected chi connectivity index (χ3v) is 3.01. The molecule has 4 heteroatoms. The quantitative estimate of drug-likeness (QED) is 0.709. The van der Waals surface area contributed by atoms with E-state index in [0.29, 0.717) is 6.61 Å². The van der Waals surface area contributed by atoms with Gasteiger partial charge >= 0.3 is 0 Å². The van der Waals surface area contributed by atoms with Crippen LogP contribution in [-0.4, -0.2) is 36.4 Å². The van der Waals surface area contributed by atoms with Crippen LogP contribution in [0.15, 0.2) is 0 Å². The normalized spacial score (nSPS) is 27.7. The van der Waals surface area contributed by atoms with E-state index in [4.69, 9.17) is 9.84 Å². The topological polar surface area (TPSA) is 58.6 Å². The van der Waals surface area contributed by atoms with Crippen molar-refractivity contribution in [1.82, 2.24) is 5.32 Å². The zero-order chi connectivity index (χ0) is 11.3. The van der Waals surface area contributed by atoms with Gasteiger partial charge in [0, 0.05) is 6.61 Å². The van der Waals surface area contributed by atoms with Crippen molar-refractivity contribution in [3.8, 4) is 0 Å². The van der Waals surface area contributed by atoms with Crippen LogP contribution < -0.4 is 5.32 Å². The monoisotopic (exact) mass is 215 g/mol. The van der Waals surface area contributed by atoms with Crippen molar-refractivity contribution >= 4 is 5.91 Å². The maximum absolute atomic E-state index is 11.8. The predicted molar refractivity (Wildman–Crippen MR) is 57.4 cm³/mol. The summed E-state index contributed by atoms with van der Waals surface area (Å²) >= 11 is 0. The standard InChI is InChI=1S/C11H21NO3/c1-3-8(7-13)12-11(14)9-5-6-15-10(9)4-2/h8-10,13H,3-7H2,1-2H3,(H,12,14). The van der Waals surface area contributed by atoms with Crippen LogP contribution in [0.2, 0.25) is 0 Å². The fourth-order valence-electron chi connectivity index (χ4n) is 1.94. The minimum absolute atomic E-state index is 0.00656. The van der Waals surface area contributed by atoms with Crippen molar-refractivity contribution in [1.29, 1.82) is 0 Å². The minimum Gasteiger partial charge on any atom is -0.394 e. The Balaban J connectivity index is 2.45. The molecule has 0 saturated carbocycles. The Labute approximate surface area is 91.0 Å². The molecular weight excluding hydrogens is 194 g/mol. The highest BCUT2D eigenvalue weighted by Gasteiger charge is 2.33. The predicted octanol–water partition coefficient (Wildman–Crippen LogP) is 0.689. The second-order valence-corrected chi connectivity index (χ2v) is 4.01. The maximum atomic E-state index is 11.8. The lowest BCUT2D eigenvalue weighted by atomic mass is 9.98. The van der Waals surface area contributed by atoms with Crippen molar-refractivity contribution in [2.45, 2.75) is 45.3 Å². The molecule has 3 unspecified atom stereocenters. The van der Waals surface area contributed by atoms with Gasteiger partial charge < -0.3 is 15.2 Å². The van der Waals surface area contributed by atoms with E-state index in [2.05, 4.69) is 5.32 Å². The molecule has 0 aliphatic carbocycles. The average Bonchev–Trinajstić information content (AvgIpc) is 2.73. The minimum atomic E-state index is -0.115. The first-order valence-corrected chi connectivity index (χ1v) is 5.75. The van der Waals surface area contributed by atoms with Crippen molar-refractivity contribution in [2.75, 3.05) is 13.2 Å². The van der Waals surface area contributed by atoms with Gasteiger partial charge in [0.2, 0.25) is 5.91 Å². The number of ether oxygens (including phenoxy) is 1. The van der Waals surface area contributed by atoms with E-state index in [1.165, 1.54) is 0 Å². The molecule has 0 bridgehead atoms. The Morgan fingerprint density at radius 1 is 1.60 bits per heavy atom. The van der Waals surface area contributed by atoms with E-state index < -0.39 is 0 Å². The van der Waals surface area contributed by atoms with Gasteiger partial charge in [0.25, 0.3) is 0 Å². The van der Waals surface area contributed by atoms with E-state index in [-0.39, 0.29) is 30.6 Å². The molecule has 0 aromatic heterocycles. The summed E-state index contributed by atoms with van der Waals surface area (Å²) in [6, 6.07) is -0.115. The summed E-state index contributed by atoms with van der Waals surface area (Å²) in [5.74, 6) is -0.00384. The lowest BCUT2D eigenvalue weighted by molar-refractivity contribution is -0.127. The molecular formula is C11H21NO3. The maximum Gasteiger partial charge on any atom is 0.226 e. The number of nitrogens with one attached hydrogen (secondary N) is 1. The van der Waals surface area contributed by atoms with Crippen LogP contribution in [-0.2, 0) is 9.53 Å². The van der Waals surface area contributed by atoms with Gasteiger partial charge in [-0.15, -0.1) is 0 Å². The Morgan fingerprint density at radius 2 is 2.33 bits per heavy atom. The second-order valence-electron chi connectivity index (χ2n) is 4.01. The highest BCUT2D eigenvalue weighted by Crippen LogP contribution is 2.23. The smallest absolute Gasteiger partial charge is 0.226 e. The Kier molecular flexibility index (Phi) is 5.05. The lowest BCUT2D eigenvalue weighted by Crippen LogP contribution is -2.42. The van der Waals surface area contributed by atoms with E-state index in [0.717, 1.165) is 19.3 Å². The van der Waals surface area contributed by atoms with Crippen LogP contribution >= 0.6 is 0 Å². The summed E-state index contributed by atoms with van der Waals surface area (Å²) in [7, 11) is 0. The molecule has 1 amide bonds. The Bertz CT molecular complexity index is 204. The first-order chi connectivity index (χ1) is 7.22. The summed E-state index contributed by atoms with van der Waals surface area (Å²) in [5.41, 5.74) is 0. The van der Waals surface area contributed by atoms with Gasteiger partial charge in [-0.3, -0.25) is 4.79 Å². The highest BCUT2D eigenvalue weighted by molar-refractivity contribution is 5.79. The number of aliphatic hydroxyl groups is 1. The van der Waals surface area contributed by atoms with Gasteiger partial charge in [-0.2, -0.15) is 0 Å². The van der Waals surface area contributed by atoms with Gasteiger partial charge in [0.1, 0.15) is 0 Å². The zero-order valence-corrected chi connectivity index (χ0v) is 9.53. The molecule has 15 heavy (non-hydrogen) atoms. The zero-order valence-electron chi connectivity index (χ0n) is 9.53. The third kappa shape index (κ3) is 3.18. The van der Waals surface area contributed by atoms with Gasteiger partial charge in [-0.25, -0.2) is 0 Å². The second kappa shape index (κ2) is 6.08. The number of carbonyl (C=O) groups excluding carboxylic acids is 1. The van der Waals surface area contributed by atoms with E-state index >= 15 is 0 Å². The van der Waals surface area contributed by atoms with Gasteiger partial charge in [-0.05, 0) is 19.3 Å². The number of hydrogen-bond acceptors (Lipinski definition) is 3. The molecule has 0 aromatic carbocycles. The molecule has 1 rings (SSSR count). The molecule has 1 heterocycles. The molecule has 1 fully saturated rings. The fourth-order valence-corrected chi connectivity index (χ4v) is 1.94. The van der Waals surface area contributed by atoms with Crippen LogP contribution in [0.25, 0.3) is 0 Å². The molecule has 0 spiro atoms. The van der Waals surface area contributed by atoms with Crippen LogP contribution in [0.3, 0.4) is 0 Å². The number of aliphatic hydroxyl groups excluding tert-OH is 1. The SMILES string of the molecule is CCC(CO)NC(=O)C1CCOC1CC. The molecule has 0 radical (unpaired) electrons. The summed E-state index contributed by atoms with van der Waals surface area (Å²) in [6.07, 6.45) is 2.48. The lowest BCUT2D eigenvalue weighted by Gasteiger charge is -2.20.